The van der Waals surface area contributed by atoms with Crippen LogP contribution in [0.4, 0.5) is 18.9 Å². The number of nitrogens with one attached hydrogen (secondary N) is 1. The Labute approximate surface area is 142 Å². The highest BCUT2D eigenvalue weighted by molar-refractivity contribution is 7.14. The molecule has 0 bridgehead atoms. The molecular formula is C18H18F3NOS. The summed E-state index contributed by atoms with van der Waals surface area (Å²) in [5.41, 5.74) is 0.888. The lowest BCUT2D eigenvalue weighted by molar-refractivity contribution is -0.137. The molecule has 0 fully saturated rings. The van der Waals surface area contributed by atoms with E-state index in [9.17, 15) is 18.0 Å². The monoisotopic (exact) mass is 353 g/mol. The third kappa shape index (κ3) is 3.64. The molecule has 1 atom stereocenters. The fourth-order valence-electron chi connectivity index (χ4n) is 2.99. The number of benzene rings is 1. The Balaban J connectivity index is 1.71. The minimum atomic E-state index is -4.37. The Morgan fingerprint density at radius 1 is 1.29 bits per heavy atom. The Kier molecular flexibility index (Phi) is 4.67. The van der Waals surface area contributed by atoms with Gasteiger partial charge in [0.15, 0.2) is 0 Å². The summed E-state index contributed by atoms with van der Waals surface area (Å²) in [4.78, 5) is 14.2. The Morgan fingerprint density at radius 2 is 2.00 bits per heavy atom. The minimum absolute atomic E-state index is 0.262. The molecule has 128 valence electrons. The van der Waals surface area contributed by atoms with E-state index in [2.05, 4.69) is 12.2 Å². The van der Waals surface area contributed by atoms with Gasteiger partial charge in [-0.25, -0.2) is 0 Å². The first-order valence-corrected chi connectivity index (χ1v) is 8.78. The van der Waals surface area contributed by atoms with Crippen molar-refractivity contribution < 1.29 is 18.0 Å². The molecule has 0 unspecified atom stereocenters. The van der Waals surface area contributed by atoms with Crippen LogP contribution in [0.2, 0.25) is 0 Å². The molecule has 0 saturated heterocycles. The van der Waals surface area contributed by atoms with Crippen molar-refractivity contribution in [2.75, 3.05) is 5.32 Å². The van der Waals surface area contributed by atoms with Crippen LogP contribution in [-0.4, -0.2) is 5.91 Å². The van der Waals surface area contributed by atoms with Gasteiger partial charge in [0.25, 0.3) is 5.91 Å². The average Bonchev–Trinajstić information content (AvgIpc) is 2.97. The number of fused-ring (bicyclic) bond motifs is 1. The zero-order valence-corrected chi connectivity index (χ0v) is 14.1. The Hall–Kier alpha value is -1.82. The number of thiophene rings is 1. The van der Waals surface area contributed by atoms with Crippen LogP contribution in [0.3, 0.4) is 0 Å². The first kappa shape index (κ1) is 17.0. The topological polar surface area (TPSA) is 29.1 Å². The van der Waals surface area contributed by atoms with E-state index in [4.69, 9.17) is 0 Å². The van der Waals surface area contributed by atoms with Crippen molar-refractivity contribution in [2.45, 2.75) is 38.8 Å². The van der Waals surface area contributed by atoms with Crippen molar-refractivity contribution in [3.8, 4) is 0 Å². The molecule has 0 spiro atoms. The zero-order valence-electron chi connectivity index (χ0n) is 13.2. The second-order valence-electron chi connectivity index (χ2n) is 6.11. The van der Waals surface area contributed by atoms with Crippen molar-refractivity contribution in [3.05, 3.63) is 51.2 Å². The van der Waals surface area contributed by atoms with Crippen LogP contribution in [0.1, 0.15) is 45.4 Å². The summed E-state index contributed by atoms with van der Waals surface area (Å²) in [5.74, 6) is 0.417. The molecule has 1 aliphatic rings. The summed E-state index contributed by atoms with van der Waals surface area (Å²) in [6, 6.07) is 6.44. The number of rotatable bonds is 3. The van der Waals surface area contributed by atoms with Crippen LogP contribution in [0.25, 0.3) is 0 Å². The van der Waals surface area contributed by atoms with Gasteiger partial charge in [0.2, 0.25) is 0 Å². The van der Waals surface area contributed by atoms with Gasteiger partial charge < -0.3 is 5.32 Å². The fraction of sp³-hybridized carbons (Fsp3) is 0.389. The number of hydrogen-bond acceptors (Lipinski definition) is 2. The number of anilines is 1. The maximum absolute atomic E-state index is 12.6. The molecule has 2 nitrogen and oxygen atoms in total. The lowest BCUT2D eigenvalue weighted by atomic mass is 9.87. The number of carbonyl (C=O) groups excluding carboxylic acids is 1. The van der Waals surface area contributed by atoms with Crippen LogP contribution in [0.5, 0.6) is 0 Å². The molecule has 1 aromatic heterocycles. The normalized spacial score (nSPS) is 17.4. The van der Waals surface area contributed by atoms with E-state index in [0.29, 0.717) is 16.5 Å². The van der Waals surface area contributed by atoms with Crippen molar-refractivity contribution in [3.63, 3.8) is 0 Å². The smallest absolute Gasteiger partial charge is 0.321 e. The molecule has 0 radical (unpaired) electrons. The van der Waals surface area contributed by atoms with E-state index in [1.54, 1.807) is 0 Å². The SMILES string of the molecule is CC[C@H]1CCc2sc(C(=O)Nc3ccc(C(F)(F)F)cc3)cc2C1. The third-order valence-electron chi connectivity index (χ3n) is 4.46. The predicted octanol–water partition coefficient (Wildman–Crippen LogP) is 5.53. The number of hydrogen-bond donors (Lipinski definition) is 1. The van der Waals surface area contributed by atoms with Gasteiger partial charge in [-0.2, -0.15) is 13.2 Å². The van der Waals surface area contributed by atoms with Crippen molar-refractivity contribution >= 4 is 22.9 Å². The first-order valence-electron chi connectivity index (χ1n) is 7.97. The lowest BCUT2D eigenvalue weighted by Crippen LogP contribution is -2.11. The van der Waals surface area contributed by atoms with Crippen LogP contribution < -0.4 is 5.32 Å². The molecule has 1 heterocycles. The number of aryl methyl sites for hydroxylation is 1. The Bertz CT molecular complexity index is 734. The third-order valence-corrected chi connectivity index (χ3v) is 5.69. The van der Waals surface area contributed by atoms with Gasteiger partial charge in [-0.1, -0.05) is 13.3 Å². The van der Waals surface area contributed by atoms with Gasteiger partial charge in [-0.3, -0.25) is 4.79 Å². The quantitative estimate of drug-likeness (QED) is 0.772. The molecule has 1 amide bonds. The summed E-state index contributed by atoms with van der Waals surface area (Å²) in [7, 11) is 0. The number of carbonyl (C=O) groups is 1. The molecule has 1 aromatic carbocycles. The van der Waals surface area contributed by atoms with Crippen LogP contribution >= 0.6 is 11.3 Å². The lowest BCUT2D eigenvalue weighted by Gasteiger charge is -2.19. The van der Waals surface area contributed by atoms with E-state index < -0.39 is 11.7 Å². The fourth-order valence-corrected chi connectivity index (χ4v) is 4.10. The Morgan fingerprint density at radius 3 is 2.62 bits per heavy atom. The van der Waals surface area contributed by atoms with Crippen LogP contribution in [0.15, 0.2) is 30.3 Å². The van der Waals surface area contributed by atoms with Gasteiger partial charge in [-0.05, 0) is 61.1 Å². The summed E-state index contributed by atoms with van der Waals surface area (Å²) < 4.78 is 37.7. The highest BCUT2D eigenvalue weighted by Crippen LogP contribution is 2.34. The summed E-state index contributed by atoms with van der Waals surface area (Å²) in [5, 5.41) is 2.68. The largest absolute Gasteiger partial charge is 0.416 e. The van der Waals surface area contributed by atoms with Gasteiger partial charge in [0, 0.05) is 10.6 Å². The molecule has 0 aliphatic heterocycles. The maximum atomic E-state index is 12.6. The van der Waals surface area contributed by atoms with E-state index in [1.165, 1.54) is 33.9 Å². The number of alkyl halides is 3. The van der Waals surface area contributed by atoms with E-state index in [-0.39, 0.29) is 5.91 Å². The van der Waals surface area contributed by atoms with Gasteiger partial charge >= 0.3 is 6.18 Å². The molecular weight excluding hydrogens is 335 g/mol. The highest BCUT2D eigenvalue weighted by Gasteiger charge is 2.30. The molecule has 6 heteroatoms. The minimum Gasteiger partial charge on any atom is -0.321 e. The van der Waals surface area contributed by atoms with Gasteiger partial charge in [0.05, 0.1) is 10.4 Å². The highest BCUT2D eigenvalue weighted by atomic mass is 32.1. The summed E-state index contributed by atoms with van der Waals surface area (Å²) >= 11 is 1.49. The average molecular weight is 353 g/mol. The number of amides is 1. The van der Waals surface area contributed by atoms with Crippen molar-refractivity contribution in [1.82, 2.24) is 0 Å². The molecule has 2 aromatic rings. The zero-order chi connectivity index (χ0) is 17.3. The predicted molar refractivity (Wildman–Crippen MR) is 89.5 cm³/mol. The van der Waals surface area contributed by atoms with E-state index in [1.807, 2.05) is 6.07 Å². The molecule has 24 heavy (non-hydrogen) atoms. The first-order chi connectivity index (χ1) is 11.4. The second kappa shape index (κ2) is 6.59. The molecule has 0 saturated carbocycles. The van der Waals surface area contributed by atoms with Gasteiger partial charge in [0.1, 0.15) is 0 Å². The standard InChI is InChI=1S/C18H18F3NOS/c1-2-11-3-8-15-12(9-11)10-16(24-15)17(23)22-14-6-4-13(5-7-14)18(19,20)21/h4-7,10-11H,2-3,8-9H2,1H3,(H,22,23)/t11-/m0/s1. The van der Waals surface area contributed by atoms with Gasteiger partial charge in [-0.15, -0.1) is 11.3 Å². The molecule has 1 aliphatic carbocycles. The van der Waals surface area contributed by atoms with Crippen molar-refractivity contribution in [2.24, 2.45) is 5.92 Å². The number of halogens is 3. The molecule has 1 N–H and O–H groups in total. The van der Waals surface area contributed by atoms with E-state index in [0.717, 1.165) is 37.8 Å². The van der Waals surface area contributed by atoms with Crippen molar-refractivity contribution in [1.29, 1.82) is 0 Å². The summed E-state index contributed by atoms with van der Waals surface area (Å²) in [6.45, 7) is 2.18. The van der Waals surface area contributed by atoms with Crippen LogP contribution in [-0.2, 0) is 19.0 Å². The summed E-state index contributed by atoms with van der Waals surface area (Å²) in [6.07, 6.45) is -0.0561. The van der Waals surface area contributed by atoms with E-state index >= 15 is 0 Å². The van der Waals surface area contributed by atoms with Crippen LogP contribution in [0, 0.1) is 5.92 Å². The second-order valence-corrected chi connectivity index (χ2v) is 7.24. The maximum Gasteiger partial charge on any atom is 0.416 e. The molecule has 3 rings (SSSR count).